The number of hydrogen-bond acceptors (Lipinski definition) is 1. The van der Waals surface area contributed by atoms with Gasteiger partial charge in [-0.3, -0.25) is 0 Å². The number of halogens is 3. The molecule has 2 atom stereocenters. The van der Waals surface area contributed by atoms with Crippen LogP contribution in [0.15, 0.2) is 18.2 Å². The number of rotatable bonds is 2. The minimum absolute atomic E-state index is 0.181. The van der Waals surface area contributed by atoms with Gasteiger partial charge in [-0.15, -0.1) is 11.6 Å². The highest BCUT2D eigenvalue weighted by molar-refractivity contribution is 6.21. The fraction of sp³-hybridized carbons (Fsp3) is 0.500. The molecule has 1 aliphatic rings. The first-order valence-electron chi connectivity index (χ1n) is 5.35. The van der Waals surface area contributed by atoms with Crippen molar-refractivity contribution in [3.63, 3.8) is 0 Å². The van der Waals surface area contributed by atoms with Crippen molar-refractivity contribution in [3.05, 3.63) is 35.4 Å². The molecule has 0 saturated carbocycles. The lowest BCUT2D eigenvalue weighted by Crippen LogP contribution is -2.21. The number of alkyl halides is 1. The van der Waals surface area contributed by atoms with Crippen LogP contribution in [-0.2, 0) is 4.74 Å². The van der Waals surface area contributed by atoms with Gasteiger partial charge in [-0.25, -0.2) is 8.78 Å². The molecule has 1 nitrogen and oxygen atoms in total. The van der Waals surface area contributed by atoms with E-state index in [1.54, 1.807) is 0 Å². The molecular weight excluding hydrogens is 234 g/mol. The van der Waals surface area contributed by atoms with Gasteiger partial charge in [0.15, 0.2) is 11.6 Å². The summed E-state index contributed by atoms with van der Waals surface area (Å²) in [5.41, 5.74) is 0.621. The first-order chi connectivity index (χ1) is 7.68. The second kappa shape index (κ2) is 5.11. The maximum atomic E-state index is 13.0. The average molecular weight is 247 g/mol. The molecule has 0 spiro atoms. The van der Waals surface area contributed by atoms with E-state index in [0.717, 1.165) is 25.5 Å². The van der Waals surface area contributed by atoms with Crippen LogP contribution in [0.2, 0.25) is 0 Å². The summed E-state index contributed by atoms with van der Waals surface area (Å²) >= 11 is 6.24. The fourth-order valence-electron chi connectivity index (χ4n) is 1.95. The molecule has 4 heteroatoms. The van der Waals surface area contributed by atoms with Crippen LogP contribution < -0.4 is 0 Å². The minimum Gasteiger partial charge on any atom is -0.381 e. The Hall–Kier alpha value is -0.670. The van der Waals surface area contributed by atoms with Crippen molar-refractivity contribution in [2.75, 3.05) is 13.2 Å². The molecule has 0 bridgehead atoms. The maximum Gasteiger partial charge on any atom is 0.159 e. The number of ether oxygens (including phenoxy) is 1. The van der Waals surface area contributed by atoms with Crippen LogP contribution in [-0.4, -0.2) is 13.2 Å². The molecular formula is C12H13ClF2O. The van der Waals surface area contributed by atoms with Gasteiger partial charge in [-0.05, 0) is 30.5 Å². The van der Waals surface area contributed by atoms with E-state index < -0.39 is 11.6 Å². The molecule has 1 fully saturated rings. The van der Waals surface area contributed by atoms with Gasteiger partial charge in [0, 0.05) is 12.5 Å². The van der Waals surface area contributed by atoms with Gasteiger partial charge < -0.3 is 4.74 Å². The van der Waals surface area contributed by atoms with Crippen molar-refractivity contribution in [2.45, 2.75) is 18.2 Å². The van der Waals surface area contributed by atoms with E-state index in [9.17, 15) is 8.78 Å². The molecule has 1 aliphatic heterocycles. The van der Waals surface area contributed by atoms with E-state index in [1.807, 2.05) is 0 Å². The highest BCUT2D eigenvalue weighted by Crippen LogP contribution is 2.34. The second-order valence-corrected chi connectivity index (χ2v) is 4.52. The van der Waals surface area contributed by atoms with Gasteiger partial charge in [0.2, 0.25) is 0 Å². The van der Waals surface area contributed by atoms with Crippen LogP contribution >= 0.6 is 11.6 Å². The van der Waals surface area contributed by atoms with Crippen LogP contribution in [0, 0.1) is 17.6 Å². The van der Waals surface area contributed by atoms with Crippen LogP contribution in [0.3, 0.4) is 0 Å². The molecule has 1 saturated heterocycles. The summed E-state index contributed by atoms with van der Waals surface area (Å²) in [4.78, 5) is 0. The van der Waals surface area contributed by atoms with Crippen molar-refractivity contribution in [3.8, 4) is 0 Å². The quantitative estimate of drug-likeness (QED) is 0.724. The summed E-state index contributed by atoms with van der Waals surface area (Å²) < 4.78 is 31.1. The molecule has 16 heavy (non-hydrogen) atoms. The van der Waals surface area contributed by atoms with Crippen molar-refractivity contribution in [1.82, 2.24) is 0 Å². The second-order valence-electron chi connectivity index (χ2n) is 4.05. The Kier molecular flexibility index (Phi) is 3.77. The van der Waals surface area contributed by atoms with Gasteiger partial charge >= 0.3 is 0 Å². The van der Waals surface area contributed by atoms with E-state index in [0.29, 0.717) is 12.2 Å². The number of benzene rings is 1. The smallest absolute Gasteiger partial charge is 0.159 e. The number of hydrogen-bond donors (Lipinski definition) is 0. The molecule has 1 heterocycles. The van der Waals surface area contributed by atoms with Crippen molar-refractivity contribution >= 4 is 11.6 Å². The molecule has 0 radical (unpaired) electrons. The van der Waals surface area contributed by atoms with Crippen LogP contribution in [0.25, 0.3) is 0 Å². The molecule has 2 unspecified atom stereocenters. The van der Waals surface area contributed by atoms with Crippen LogP contribution in [0.5, 0.6) is 0 Å². The molecule has 2 rings (SSSR count). The van der Waals surface area contributed by atoms with E-state index in [1.165, 1.54) is 12.1 Å². The Bertz CT molecular complexity index is 364. The summed E-state index contributed by atoms with van der Waals surface area (Å²) in [6.07, 6.45) is 1.94. The molecule has 0 amide bonds. The topological polar surface area (TPSA) is 9.23 Å². The standard InChI is InChI=1S/C12H13ClF2O/c13-12(9-2-1-5-16-7-9)8-3-4-10(14)11(15)6-8/h3-4,6,9,12H,1-2,5,7H2. The van der Waals surface area contributed by atoms with Gasteiger partial charge in [-0.1, -0.05) is 6.07 Å². The summed E-state index contributed by atoms with van der Waals surface area (Å²) in [6, 6.07) is 3.82. The highest BCUT2D eigenvalue weighted by atomic mass is 35.5. The summed E-state index contributed by atoms with van der Waals surface area (Å²) in [7, 11) is 0. The molecule has 1 aromatic carbocycles. The highest BCUT2D eigenvalue weighted by Gasteiger charge is 2.24. The molecule has 0 aromatic heterocycles. The lowest BCUT2D eigenvalue weighted by molar-refractivity contribution is 0.0531. The van der Waals surface area contributed by atoms with Crippen molar-refractivity contribution in [1.29, 1.82) is 0 Å². The largest absolute Gasteiger partial charge is 0.381 e. The zero-order chi connectivity index (χ0) is 11.5. The fourth-order valence-corrected chi connectivity index (χ4v) is 2.29. The third-order valence-electron chi connectivity index (χ3n) is 2.87. The van der Waals surface area contributed by atoms with Gasteiger partial charge in [-0.2, -0.15) is 0 Å². The third-order valence-corrected chi connectivity index (χ3v) is 3.48. The van der Waals surface area contributed by atoms with Gasteiger partial charge in [0.25, 0.3) is 0 Å². The predicted octanol–water partition coefficient (Wildman–Crippen LogP) is 3.67. The monoisotopic (exact) mass is 246 g/mol. The summed E-state index contributed by atoms with van der Waals surface area (Å²) in [5.74, 6) is -1.51. The minimum atomic E-state index is -0.847. The van der Waals surface area contributed by atoms with Crippen LogP contribution in [0.4, 0.5) is 8.78 Å². The predicted molar refractivity (Wildman–Crippen MR) is 58.5 cm³/mol. The SMILES string of the molecule is Fc1ccc(C(Cl)C2CCCOC2)cc1F. The molecule has 1 aromatic rings. The first-order valence-corrected chi connectivity index (χ1v) is 5.79. The lowest BCUT2D eigenvalue weighted by Gasteiger charge is -2.26. The normalized spacial score (nSPS) is 23.1. The van der Waals surface area contributed by atoms with E-state index in [4.69, 9.17) is 16.3 Å². The third kappa shape index (κ3) is 2.53. The molecule has 0 N–H and O–H groups in total. The van der Waals surface area contributed by atoms with Crippen LogP contribution in [0.1, 0.15) is 23.8 Å². The Balaban J connectivity index is 2.12. The Morgan fingerprint density at radius 2 is 2.12 bits per heavy atom. The average Bonchev–Trinajstić information content (AvgIpc) is 2.33. The zero-order valence-corrected chi connectivity index (χ0v) is 9.51. The van der Waals surface area contributed by atoms with Crippen molar-refractivity contribution < 1.29 is 13.5 Å². The lowest BCUT2D eigenvalue weighted by atomic mass is 9.93. The molecule has 0 aliphatic carbocycles. The Morgan fingerprint density at radius 3 is 2.75 bits per heavy atom. The van der Waals surface area contributed by atoms with Gasteiger partial charge in [0.05, 0.1) is 12.0 Å². The van der Waals surface area contributed by atoms with E-state index in [2.05, 4.69) is 0 Å². The zero-order valence-electron chi connectivity index (χ0n) is 8.76. The summed E-state index contributed by atoms with van der Waals surface area (Å²) in [6.45, 7) is 1.35. The van der Waals surface area contributed by atoms with E-state index >= 15 is 0 Å². The summed E-state index contributed by atoms with van der Waals surface area (Å²) in [5, 5.41) is -0.310. The first kappa shape index (κ1) is 11.8. The van der Waals surface area contributed by atoms with Gasteiger partial charge in [0.1, 0.15) is 0 Å². The van der Waals surface area contributed by atoms with E-state index in [-0.39, 0.29) is 11.3 Å². The maximum absolute atomic E-state index is 13.0. The Labute approximate surface area is 98.4 Å². The van der Waals surface area contributed by atoms with Crippen molar-refractivity contribution in [2.24, 2.45) is 5.92 Å². The molecule has 88 valence electrons. The Morgan fingerprint density at radius 1 is 1.31 bits per heavy atom.